The quantitative estimate of drug-likeness (QED) is 0.558. The van der Waals surface area contributed by atoms with Gasteiger partial charge in [-0.15, -0.1) is 12.3 Å². The van der Waals surface area contributed by atoms with Crippen LogP contribution in [0, 0.1) is 12.3 Å². The van der Waals surface area contributed by atoms with Crippen LogP contribution >= 0.6 is 0 Å². The van der Waals surface area contributed by atoms with E-state index in [1.165, 1.54) is 12.4 Å². The van der Waals surface area contributed by atoms with Crippen LogP contribution in [-0.4, -0.2) is 27.6 Å². The van der Waals surface area contributed by atoms with Gasteiger partial charge in [-0.25, -0.2) is 14.8 Å². The second-order valence-electron chi connectivity index (χ2n) is 3.18. The number of terminal acetylenes is 1. The molecule has 0 spiro atoms. The Labute approximate surface area is 93.9 Å². The highest BCUT2D eigenvalue weighted by Gasteiger charge is 2.05. The van der Waals surface area contributed by atoms with Crippen LogP contribution in [0.2, 0.25) is 0 Å². The number of nitrogens with zero attached hydrogens (tertiary/aromatic N) is 2. The van der Waals surface area contributed by atoms with Crippen LogP contribution in [0.5, 0.6) is 0 Å². The summed E-state index contributed by atoms with van der Waals surface area (Å²) in [4.78, 5) is 18.2. The van der Waals surface area contributed by atoms with E-state index in [2.05, 4.69) is 21.2 Å². The van der Waals surface area contributed by atoms with Gasteiger partial charge in [0.25, 0.3) is 0 Å². The zero-order chi connectivity index (χ0) is 11.8. The summed E-state index contributed by atoms with van der Waals surface area (Å²) in [6, 6.07) is 1.41. The number of hydrogen-bond acceptors (Lipinski definition) is 4. The Kier molecular flexibility index (Phi) is 4.80. The van der Waals surface area contributed by atoms with Crippen molar-refractivity contribution in [2.45, 2.75) is 19.3 Å². The molecule has 0 aliphatic carbocycles. The summed E-state index contributed by atoms with van der Waals surface area (Å²) in [5, 5.41) is 11.7. The first-order chi connectivity index (χ1) is 7.74. The molecule has 0 saturated heterocycles. The summed E-state index contributed by atoms with van der Waals surface area (Å²) in [7, 11) is 0. The number of hydrogen-bond donors (Lipinski definition) is 2. The van der Waals surface area contributed by atoms with Crippen LogP contribution in [-0.2, 0) is 0 Å². The Morgan fingerprint density at radius 2 is 2.31 bits per heavy atom. The minimum absolute atomic E-state index is 0.0128. The molecule has 0 bridgehead atoms. The fourth-order valence-corrected chi connectivity index (χ4v) is 1.14. The van der Waals surface area contributed by atoms with Crippen molar-refractivity contribution in [2.75, 3.05) is 11.9 Å². The normalized spacial score (nSPS) is 9.44. The molecule has 2 N–H and O–H groups in total. The predicted molar refractivity (Wildman–Crippen MR) is 60.2 cm³/mol. The standard InChI is InChI=1S/C11H13N3O2/c1-2-3-4-5-6-12-10-7-9(11(15)16)13-8-14-10/h1,7-8H,3-6H2,(H,15,16)(H,12,13,14). The Morgan fingerprint density at radius 3 is 3.00 bits per heavy atom. The number of rotatable bonds is 6. The second kappa shape index (κ2) is 6.40. The molecule has 1 heterocycles. The summed E-state index contributed by atoms with van der Waals surface area (Å²) >= 11 is 0. The Hall–Kier alpha value is -2.09. The molecular weight excluding hydrogens is 206 g/mol. The van der Waals surface area contributed by atoms with Crippen molar-refractivity contribution in [2.24, 2.45) is 0 Å². The van der Waals surface area contributed by atoms with Crippen LogP contribution in [0.25, 0.3) is 0 Å². The molecule has 0 aliphatic rings. The molecule has 0 aliphatic heterocycles. The summed E-state index contributed by atoms with van der Waals surface area (Å²) in [5.74, 6) is 2.02. The zero-order valence-corrected chi connectivity index (χ0v) is 8.81. The zero-order valence-electron chi connectivity index (χ0n) is 8.81. The first kappa shape index (κ1) is 12.0. The van der Waals surface area contributed by atoms with Gasteiger partial charge in [-0.05, 0) is 12.8 Å². The lowest BCUT2D eigenvalue weighted by atomic mass is 10.2. The molecule has 1 rings (SSSR count). The van der Waals surface area contributed by atoms with E-state index in [0.29, 0.717) is 5.82 Å². The first-order valence-electron chi connectivity index (χ1n) is 4.96. The van der Waals surface area contributed by atoms with Crippen LogP contribution in [0.4, 0.5) is 5.82 Å². The number of aromatic carboxylic acids is 1. The smallest absolute Gasteiger partial charge is 0.354 e. The summed E-state index contributed by atoms with van der Waals surface area (Å²) < 4.78 is 0. The number of anilines is 1. The average Bonchev–Trinajstić information content (AvgIpc) is 2.29. The van der Waals surface area contributed by atoms with Crippen molar-refractivity contribution in [3.63, 3.8) is 0 Å². The van der Waals surface area contributed by atoms with Crippen molar-refractivity contribution in [3.8, 4) is 12.3 Å². The topological polar surface area (TPSA) is 75.1 Å². The minimum atomic E-state index is -1.06. The monoisotopic (exact) mass is 219 g/mol. The van der Waals surface area contributed by atoms with Gasteiger partial charge >= 0.3 is 5.97 Å². The molecule has 0 fully saturated rings. The van der Waals surface area contributed by atoms with E-state index < -0.39 is 5.97 Å². The highest BCUT2D eigenvalue weighted by atomic mass is 16.4. The molecule has 1 aromatic heterocycles. The maximum Gasteiger partial charge on any atom is 0.354 e. The van der Waals surface area contributed by atoms with Crippen molar-refractivity contribution in [1.29, 1.82) is 0 Å². The molecule has 5 heteroatoms. The fraction of sp³-hybridized carbons (Fsp3) is 0.364. The number of carbonyl (C=O) groups is 1. The van der Waals surface area contributed by atoms with E-state index in [4.69, 9.17) is 11.5 Å². The highest BCUT2D eigenvalue weighted by Crippen LogP contribution is 2.04. The third kappa shape index (κ3) is 3.96. The molecule has 0 saturated carbocycles. The van der Waals surface area contributed by atoms with Gasteiger partial charge in [-0.3, -0.25) is 0 Å². The molecule has 0 aromatic carbocycles. The molecule has 5 nitrogen and oxygen atoms in total. The van der Waals surface area contributed by atoms with Crippen LogP contribution in [0.15, 0.2) is 12.4 Å². The Balaban J connectivity index is 2.39. The van der Waals surface area contributed by atoms with Gasteiger partial charge in [0.15, 0.2) is 5.69 Å². The minimum Gasteiger partial charge on any atom is -0.477 e. The molecule has 0 amide bonds. The lowest BCUT2D eigenvalue weighted by Gasteiger charge is -2.04. The number of aromatic nitrogens is 2. The van der Waals surface area contributed by atoms with Gasteiger partial charge in [0, 0.05) is 19.0 Å². The van der Waals surface area contributed by atoms with Crippen LogP contribution < -0.4 is 5.32 Å². The van der Waals surface area contributed by atoms with Crippen molar-refractivity contribution >= 4 is 11.8 Å². The first-order valence-corrected chi connectivity index (χ1v) is 4.96. The summed E-state index contributed by atoms with van der Waals surface area (Å²) in [6.07, 6.45) is 8.98. The molecule has 84 valence electrons. The van der Waals surface area contributed by atoms with Crippen molar-refractivity contribution in [3.05, 3.63) is 18.1 Å². The van der Waals surface area contributed by atoms with E-state index in [1.807, 2.05) is 0 Å². The molecule has 0 radical (unpaired) electrons. The van der Waals surface area contributed by atoms with E-state index >= 15 is 0 Å². The van der Waals surface area contributed by atoms with E-state index in [0.717, 1.165) is 25.8 Å². The maximum atomic E-state index is 10.6. The predicted octanol–water partition coefficient (Wildman–Crippen LogP) is 1.39. The van der Waals surface area contributed by atoms with E-state index in [9.17, 15) is 4.79 Å². The van der Waals surface area contributed by atoms with E-state index in [-0.39, 0.29) is 5.69 Å². The Bertz CT molecular complexity index is 398. The van der Waals surface area contributed by atoms with Crippen LogP contribution in [0.1, 0.15) is 29.8 Å². The number of unbranched alkanes of at least 4 members (excludes halogenated alkanes) is 2. The largest absolute Gasteiger partial charge is 0.477 e. The van der Waals surface area contributed by atoms with Crippen molar-refractivity contribution < 1.29 is 9.90 Å². The van der Waals surface area contributed by atoms with Gasteiger partial charge in [0.1, 0.15) is 12.1 Å². The second-order valence-corrected chi connectivity index (χ2v) is 3.18. The van der Waals surface area contributed by atoms with Crippen molar-refractivity contribution in [1.82, 2.24) is 9.97 Å². The third-order valence-corrected chi connectivity index (χ3v) is 1.94. The SMILES string of the molecule is C#CCCCCNc1cc(C(=O)O)ncn1. The Morgan fingerprint density at radius 1 is 1.50 bits per heavy atom. The molecule has 1 aromatic rings. The summed E-state index contributed by atoms with van der Waals surface area (Å²) in [5.41, 5.74) is -0.0128. The highest BCUT2D eigenvalue weighted by molar-refractivity contribution is 5.85. The lowest BCUT2D eigenvalue weighted by molar-refractivity contribution is 0.0690. The fourth-order valence-electron chi connectivity index (χ4n) is 1.14. The van der Waals surface area contributed by atoms with Gasteiger partial charge in [-0.2, -0.15) is 0 Å². The van der Waals surface area contributed by atoms with Crippen LogP contribution in [0.3, 0.4) is 0 Å². The maximum absolute atomic E-state index is 10.6. The van der Waals surface area contributed by atoms with Gasteiger partial charge < -0.3 is 10.4 Å². The number of carboxylic acid groups (broad SMARTS) is 1. The molecule has 0 unspecified atom stereocenters. The average molecular weight is 219 g/mol. The lowest BCUT2D eigenvalue weighted by Crippen LogP contribution is -2.06. The van der Waals surface area contributed by atoms with Gasteiger partial charge in [0.05, 0.1) is 0 Å². The number of nitrogens with one attached hydrogen (secondary N) is 1. The summed E-state index contributed by atoms with van der Waals surface area (Å²) in [6.45, 7) is 0.720. The number of carboxylic acids is 1. The van der Waals surface area contributed by atoms with Gasteiger partial charge in [0.2, 0.25) is 0 Å². The third-order valence-electron chi connectivity index (χ3n) is 1.94. The molecule has 16 heavy (non-hydrogen) atoms. The molecule has 0 atom stereocenters. The molecular formula is C11H13N3O2. The van der Waals surface area contributed by atoms with Gasteiger partial charge in [-0.1, -0.05) is 0 Å². The van der Waals surface area contributed by atoms with E-state index in [1.54, 1.807) is 0 Å².